The highest BCUT2D eigenvalue weighted by Crippen LogP contribution is 2.32. The van der Waals surface area contributed by atoms with Gasteiger partial charge in [0.25, 0.3) is 0 Å². The zero-order valence-electron chi connectivity index (χ0n) is 9.55. The molecule has 3 aromatic rings. The number of hydrogen-bond acceptors (Lipinski definition) is 4. The fourth-order valence-corrected chi connectivity index (χ4v) is 2.62. The van der Waals surface area contributed by atoms with Gasteiger partial charge in [-0.05, 0) is 42.1 Å². The number of anilines is 2. The van der Waals surface area contributed by atoms with Crippen LogP contribution in [0, 0.1) is 0 Å². The van der Waals surface area contributed by atoms with Crippen molar-refractivity contribution in [2.24, 2.45) is 0 Å². The number of benzene rings is 2. The number of aromatic amines is 1. The van der Waals surface area contributed by atoms with Crippen LogP contribution in [0.5, 0.6) is 0 Å². The van der Waals surface area contributed by atoms with Gasteiger partial charge in [-0.15, -0.1) is 0 Å². The van der Waals surface area contributed by atoms with E-state index in [1.54, 1.807) is 12.1 Å². The molecule has 0 unspecified atom stereocenters. The quantitative estimate of drug-likeness (QED) is 0.616. The number of rotatable bonds is 2. The summed E-state index contributed by atoms with van der Waals surface area (Å²) in [5.41, 5.74) is 15.0. The highest BCUT2D eigenvalue weighted by molar-refractivity contribution is 7.99. The maximum absolute atomic E-state index is 5.91. The Morgan fingerprint density at radius 1 is 1.06 bits per heavy atom. The van der Waals surface area contributed by atoms with E-state index in [1.807, 2.05) is 30.3 Å². The molecule has 2 aromatic carbocycles. The Kier molecular flexibility index (Phi) is 2.60. The lowest BCUT2D eigenvalue weighted by atomic mass is 10.3. The van der Waals surface area contributed by atoms with E-state index in [-0.39, 0.29) is 0 Å². The van der Waals surface area contributed by atoms with Gasteiger partial charge < -0.3 is 16.5 Å². The predicted octanol–water partition coefficient (Wildman–Crippen LogP) is 2.88. The Morgan fingerprint density at radius 3 is 2.72 bits per heavy atom. The number of nitrogen functional groups attached to an aromatic ring is 2. The van der Waals surface area contributed by atoms with E-state index in [1.165, 1.54) is 11.8 Å². The molecular weight excluding hydrogens is 244 g/mol. The van der Waals surface area contributed by atoms with Gasteiger partial charge in [0.2, 0.25) is 0 Å². The van der Waals surface area contributed by atoms with Crippen molar-refractivity contribution in [1.29, 1.82) is 0 Å². The summed E-state index contributed by atoms with van der Waals surface area (Å²) in [7, 11) is 0. The maximum atomic E-state index is 5.91. The van der Waals surface area contributed by atoms with Gasteiger partial charge in [-0.3, -0.25) is 0 Å². The average Bonchev–Trinajstić information content (AvgIpc) is 2.76. The van der Waals surface area contributed by atoms with Crippen molar-refractivity contribution < 1.29 is 0 Å². The Bertz CT molecular complexity index is 672. The largest absolute Gasteiger partial charge is 0.399 e. The lowest BCUT2D eigenvalue weighted by Crippen LogP contribution is -1.91. The summed E-state index contributed by atoms with van der Waals surface area (Å²) < 4.78 is 0. The predicted molar refractivity (Wildman–Crippen MR) is 75.5 cm³/mol. The highest BCUT2D eigenvalue weighted by atomic mass is 32.2. The van der Waals surface area contributed by atoms with E-state index in [2.05, 4.69) is 9.97 Å². The molecule has 0 amide bonds. The lowest BCUT2D eigenvalue weighted by Gasteiger charge is -2.03. The van der Waals surface area contributed by atoms with Crippen molar-refractivity contribution in [3.8, 4) is 0 Å². The second-order valence-electron chi connectivity index (χ2n) is 3.96. The molecule has 90 valence electrons. The molecule has 0 bridgehead atoms. The van der Waals surface area contributed by atoms with Crippen molar-refractivity contribution in [2.45, 2.75) is 10.1 Å². The Hall–Kier alpha value is -2.14. The molecule has 18 heavy (non-hydrogen) atoms. The van der Waals surface area contributed by atoms with Crippen molar-refractivity contribution >= 4 is 34.2 Å². The zero-order chi connectivity index (χ0) is 12.5. The third kappa shape index (κ3) is 2.00. The van der Waals surface area contributed by atoms with Gasteiger partial charge in [0, 0.05) is 16.3 Å². The third-order valence-corrected chi connectivity index (χ3v) is 3.57. The third-order valence-electron chi connectivity index (χ3n) is 2.61. The molecular formula is C13H12N4S. The molecule has 0 aliphatic carbocycles. The summed E-state index contributed by atoms with van der Waals surface area (Å²) in [6.45, 7) is 0. The van der Waals surface area contributed by atoms with E-state index < -0.39 is 0 Å². The number of aromatic nitrogens is 2. The normalized spacial score (nSPS) is 10.9. The van der Waals surface area contributed by atoms with Gasteiger partial charge in [-0.25, -0.2) is 4.98 Å². The Morgan fingerprint density at radius 2 is 1.89 bits per heavy atom. The fourth-order valence-electron chi connectivity index (χ4n) is 1.72. The van der Waals surface area contributed by atoms with Crippen LogP contribution in [0.2, 0.25) is 0 Å². The van der Waals surface area contributed by atoms with Crippen LogP contribution in [0.4, 0.5) is 11.4 Å². The van der Waals surface area contributed by atoms with E-state index in [9.17, 15) is 0 Å². The number of hydrogen-bond donors (Lipinski definition) is 3. The topological polar surface area (TPSA) is 80.7 Å². The first-order chi connectivity index (χ1) is 8.72. The molecule has 1 aromatic heterocycles. The highest BCUT2D eigenvalue weighted by Gasteiger charge is 2.07. The maximum Gasteiger partial charge on any atom is 0.171 e. The zero-order valence-corrected chi connectivity index (χ0v) is 10.4. The van der Waals surface area contributed by atoms with Crippen LogP contribution < -0.4 is 11.5 Å². The van der Waals surface area contributed by atoms with E-state index >= 15 is 0 Å². The first-order valence-corrected chi connectivity index (χ1v) is 6.31. The molecule has 5 N–H and O–H groups in total. The first kappa shape index (κ1) is 11.0. The number of fused-ring (bicyclic) bond motifs is 1. The van der Waals surface area contributed by atoms with Crippen LogP contribution in [-0.2, 0) is 0 Å². The molecule has 0 fully saturated rings. The van der Waals surface area contributed by atoms with E-state index in [4.69, 9.17) is 11.5 Å². The van der Waals surface area contributed by atoms with Gasteiger partial charge >= 0.3 is 0 Å². The van der Waals surface area contributed by atoms with Gasteiger partial charge in [0.1, 0.15) is 0 Å². The van der Waals surface area contributed by atoms with Gasteiger partial charge in [0.15, 0.2) is 5.16 Å². The van der Waals surface area contributed by atoms with Crippen LogP contribution in [-0.4, -0.2) is 9.97 Å². The van der Waals surface area contributed by atoms with Crippen molar-refractivity contribution in [2.75, 3.05) is 11.5 Å². The molecule has 0 spiro atoms. The van der Waals surface area contributed by atoms with E-state index in [0.717, 1.165) is 21.1 Å². The first-order valence-electron chi connectivity index (χ1n) is 5.50. The minimum absolute atomic E-state index is 0.697. The minimum atomic E-state index is 0.697. The summed E-state index contributed by atoms with van der Waals surface area (Å²) >= 11 is 1.48. The summed E-state index contributed by atoms with van der Waals surface area (Å²) in [6.07, 6.45) is 0. The van der Waals surface area contributed by atoms with Gasteiger partial charge in [0.05, 0.1) is 11.0 Å². The molecule has 0 atom stereocenters. The number of imidazole rings is 1. The average molecular weight is 256 g/mol. The molecule has 3 rings (SSSR count). The Balaban J connectivity index is 1.98. The molecule has 0 radical (unpaired) electrons. The smallest absolute Gasteiger partial charge is 0.171 e. The summed E-state index contributed by atoms with van der Waals surface area (Å²) in [4.78, 5) is 8.65. The SMILES string of the molecule is Nc1ccc(N)c(Sc2nc3ccccc3[nH]2)c1. The lowest BCUT2D eigenvalue weighted by molar-refractivity contribution is 1.08. The minimum Gasteiger partial charge on any atom is -0.399 e. The molecule has 1 heterocycles. The number of nitrogens with one attached hydrogen (secondary N) is 1. The van der Waals surface area contributed by atoms with Crippen molar-refractivity contribution in [3.63, 3.8) is 0 Å². The number of para-hydroxylation sites is 2. The van der Waals surface area contributed by atoms with Crippen LogP contribution in [0.25, 0.3) is 11.0 Å². The fraction of sp³-hybridized carbons (Fsp3) is 0. The van der Waals surface area contributed by atoms with Gasteiger partial charge in [-0.2, -0.15) is 0 Å². The van der Waals surface area contributed by atoms with Crippen LogP contribution in [0.1, 0.15) is 0 Å². The molecule has 0 saturated heterocycles. The molecule has 5 heteroatoms. The standard InChI is InChI=1S/C13H12N4S/c14-8-5-6-9(15)12(7-8)18-13-16-10-3-1-2-4-11(10)17-13/h1-7H,14-15H2,(H,16,17). The van der Waals surface area contributed by atoms with Crippen LogP contribution in [0.15, 0.2) is 52.5 Å². The van der Waals surface area contributed by atoms with Gasteiger partial charge in [-0.1, -0.05) is 12.1 Å². The second kappa shape index (κ2) is 4.27. The Labute approximate surface area is 108 Å². The number of H-pyrrole nitrogens is 1. The number of nitrogens with two attached hydrogens (primary N) is 2. The van der Waals surface area contributed by atoms with E-state index in [0.29, 0.717) is 11.4 Å². The molecule has 0 aliphatic rings. The number of nitrogens with zero attached hydrogens (tertiary/aromatic N) is 1. The summed E-state index contributed by atoms with van der Waals surface area (Å²) in [5.74, 6) is 0. The molecule has 0 saturated carbocycles. The monoisotopic (exact) mass is 256 g/mol. The molecule has 0 aliphatic heterocycles. The summed E-state index contributed by atoms with van der Waals surface area (Å²) in [5, 5.41) is 0.813. The van der Waals surface area contributed by atoms with Crippen molar-refractivity contribution in [1.82, 2.24) is 9.97 Å². The van der Waals surface area contributed by atoms with Crippen LogP contribution >= 0.6 is 11.8 Å². The molecule has 4 nitrogen and oxygen atoms in total. The second-order valence-corrected chi connectivity index (χ2v) is 4.99. The van der Waals surface area contributed by atoms with Crippen molar-refractivity contribution in [3.05, 3.63) is 42.5 Å². The summed E-state index contributed by atoms with van der Waals surface area (Å²) in [6, 6.07) is 13.4. The van der Waals surface area contributed by atoms with Crippen LogP contribution in [0.3, 0.4) is 0 Å².